The number of nitrogens with zero attached hydrogens (tertiary/aromatic N) is 3. The molecular formula is C13H12N6O2. The number of fused-ring (bicyclic) bond motifs is 1. The number of benzene rings is 1. The van der Waals surface area contributed by atoms with Gasteiger partial charge in [-0.25, -0.2) is 10.1 Å². The summed E-state index contributed by atoms with van der Waals surface area (Å²) in [4.78, 5) is 34.4. The highest BCUT2D eigenvalue weighted by atomic mass is 16.1. The van der Waals surface area contributed by atoms with E-state index >= 15 is 0 Å². The normalized spacial score (nSPS) is 10.7. The first kappa shape index (κ1) is 13.0. The van der Waals surface area contributed by atoms with Gasteiger partial charge in [-0.1, -0.05) is 12.1 Å². The number of aromatic amines is 2. The Kier molecular flexibility index (Phi) is 3.42. The van der Waals surface area contributed by atoms with Crippen LogP contribution in [0.15, 0.2) is 35.4 Å². The number of rotatable bonds is 4. The van der Waals surface area contributed by atoms with Crippen LogP contribution in [0.3, 0.4) is 0 Å². The SMILES string of the molecule is O=C(CCc1nc2ccccc2c(=O)[nH]1)Nc1ncn[nH]1. The Hall–Kier alpha value is -3.03. The number of hydrogen-bond acceptors (Lipinski definition) is 5. The van der Waals surface area contributed by atoms with Crippen LogP contribution in [0.1, 0.15) is 12.2 Å². The molecule has 0 unspecified atom stereocenters. The minimum absolute atomic E-state index is 0.183. The Bertz CT molecular complexity index is 824. The Morgan fingerprint density at radius 1 is 1.29 bits per heavy atom. The molecule has 3 N–H and O–H groups in total. The van der Waals surface area contributed by atoms with Gasteiger partial charge in [-0.2, -0.15) is 10.1 Å². The average molecular weight is 284 g/mol. The Balaban J connectivity index is 1.70. The van der Waals surface area contributed by atoms with Gasteiger partial charge >= 0.3 is 0 Å². The van der Waals surface area contributed by atoms with Crippen LogP contribution in [0.4, 0.5) is 5.95 Å². The van der Waals surface area contributed by atoms with Crippen LogP contribution < -0.4 is 10.9 Å². The van der Waals surface area contributed by atoms with E-state index < -0.39 is 0 Å². The maximum atomic E-state index is 11.9. The third kappa shape index (κ3) is 2.94. The molecule has 3 rings (SSSR count). The lowest BCUT2D eigenvalue weighted by atomic mass is 10.2. The topological polar surface area (TPSA) is 116 Å². The second kappa shape index (κ2) is 5.53. The summed E-state index contributed by atoms with van der Waals surface area (Å²) in [5.74, 6) is 0.536. The van der Waals surface area contributed by atoms with E-state index in [1.165, 1.54) is 6.33 Å². The highest BCUT2D eigenvalue weighted by Crippen LogP contribution is 2.07. The lowest BCUT2D eigenvalue weighted by molar-refractivity contribution is -0.116. The lowest BCUT2D eigenvalue weighted by Crippen LogP contribution is -2.16. The van der Waals surface area contributed by atoms with Crippen LogP contribution in [0.5, 0.6) is 0 Å². The molecule has 1 aromatic carbocycles. The first-order valence-corrected chi connectivity index (χ1v) is 6.35. The number of H-pyrrole nitrogens is 2. The van der Waals surface area contributed by atoms with E-state index in [0.29, 0.717) is 29.1 Å². The predicted octanol–water partition coefficient (Wildman–Crippen LogP) is 0.612. The molecule has 0 saturated heterocycles. The van der Waals surface area contributed by atoms with Crippen LogP contribution in [-0.4, -0.2) is 31.1 Å². The first-order chi connectivity index (χ1) is 10.2. The van der Waals surface area contributed by atoms with Crippen molar-refractivity contribution in [1.82, 2.24) is 25.1 Å². The number of nitrogens with one attached hydrogen (secondary N) is 3. The molecule has 0 spiro atoms. The van der Waals surface area contributed by atoms with Gasteiger partial charge in [-0.05, 0) is 12.1 Å². The van der Waals surface area contributed by atoms with Crippen molar-refractivity contribution in [1.29, 1.82) is 0 Å². The molecular weight excluding hydrogens is 272 g/mol. The Morgan fingerprint density at radius 3 is 2.95 bits per heavy atom. The highest BCUT2D eigenvalue weighted by molar-refractivity contribution is 5.88. The fraction of sp³-hybridized carbons (Fsp3) is 0.154. The van der Waals surface area contributed by atoms with Gasteiger partial charge in [-0.3, -0.25) is 14.9 Å². The number of para-hydroxylation sites is 1. The number of carbonyl (C=O) groups is 1. The number of aromatic nitrogens is 5. The van der Waals surface area contributed by atoms with E-state index in [1.54, 1.807) is 18.2 Å². The van der Waals surface area contributed by atoms with Crippen LogP contribution in [0, 0.1) is 0 Å². The fourth-order valence-corrected chi connectivity index (χ4v) is 1.95. The number of aryl methyl sites for hydroxylation is 1. The molecule has 0 radical (unpaired) electrons. The zero-order chi connectivity index (χ0) is 14.7. The van der Waals surface area contributed by atoms with E-state index in [4.69, 9.17) is 0 Å². The molecule has 0 aliphatic heterocycles. The largest absolute Gasteiger partial charge is 0.310 e. The van der Waals surface area contributed by atoms with Gasteiger partial charge in [0.1, 0.15) is 12.2 Å². The van der Waals surface area contributed by atoms with Crippen LogP contribution >= 0.6 is 0 Å². The third-order valence-electron chi connectivity index (χ3n) is 2.92. The minimum Gasteiger partial charge on any atom is -0.310 e. The molecule has 0 fully saturated rings. The monoisotopic (exact) mass is 284 g/mol. The number of amides is 1. The zero-order valence-corrected chi connectivity index (χ0v) is 11.0. The second-order valence-electron chi connectivity index (χ2n) is 4.41. The molecule has 3 aromatic rings. The van der Waals surface area contributed by atoms with Gasteiger partial charge in [-0.15, -0.1) is 0 Å². The van der Waals surface area contributed by atoms with Crippen molar-refractivity contribution in [3.8, 4) is 0 Å². The minimum atomic E-state index is -0.234. The fourth-order valence-electron chi connectivity index (χ4n) is 1.95. The molecule has 8 nitrogen and oxygen atoms in total. The van der Waals surface area contributed by atoms with E-state index in [2.05, 4.69) is 30.5 Å². The molecule has 0 bridgehead atoms. The van der Waals surface area contributed by atoms with E-state index in [1.807, 2.05) is 6.07 Å². The number of hydrogen-bond donors (Lipinski definition) is 3. The number of carbonyl (C=O) groups excluding carboxylic acids is 1. The van der Waals surface area contributed by atoms with Crippen molar-refractivity contribution in [2.45, 2.75) is 12.8 Å². The van der Waals surface area contributed by atoms with E-state index in [-0.39, 0.29) is 17.9 Å². The molecule has 106 valence electrons. The summed E-state index contributed by atoms with van der Waals surface area (Å²) in [6.07, 6.45) is 1.82. The van der Waals surface area contributed by atoms with Gasteiger partial charge in [0, 0.05) is 12.8 Å². The average Bonchev–Trinajstić information content (AvgIpc) is 2.98. The molecule has 2 aromatic heterocycles. The lowest BCUT2D eigenvalue weighted by Gasteiger charge is -2.03. The standard InChI is InChI=1S/C13H12N6O2/c20-11(18-13-14-7-15-19-13)6-5-10-16-9-4-2-1-3-8(9)12(21)17-10/h1-4,7H,5-6H2,(H,16,17,21)(H2,14,15,18,19,20). The second-order valence-corrected chi connectivity index (χ2v) is 4.41. The molecule has 0 aliphatic carbocycles. The maximum absolute atomic E-state index is 11.9. The maximum Gasteiger partial charge on any atom is 0.258 e. The Labute approximate surface area is 118 Å². The van der Waals surface area contributed by atoms with Crippen LogP contribution in [-0.2, 0) is 11.2 Å². The van der Waals surface area contributed by atoms with Crippen LogP contribution in [0.2, 0.25) is 0 Å². The first-order valence-electron chi connectivity index (χ1n) is 6.35. The highest BCUT2D eigenvalue weighted by Gasteiger charge is 2.07. The van der Waals surface area contributed by atoms with Crippen molar-refractivity contribution < 1.29 is 4.79 Å². The van der Waals surface area contributed by atoms with Crippen molar-refractivity contribution in [3.63, 3.8) is 0 Å². The Morgan fingerprint density at radius 2 is 2.14 bits per heavy atom. The summed E-state index contributed by atoms with van der Waals surface area (Å²) in [6, 6.07) is 7.07. The summed E-state index contributed by atoms with van der Waals surface area (Å²) in [5.41, 5.74) is 0.415. The summed E-state index contributed by atoms with van der Waals surface area (Å²) in [7, 11) is 0. The quantitative estimate of drug-likeness (QED) is 0.649. The van der Waals surface area contributed by atoms with Crippen molar-refractivity contribution in [3.05, 3.63) is 46.8 Å². The molecule has 8 heteroatoms. The predicted molar refractivity (Wildman–Crippen MR) is 75.7 cm³/mol. The molecule has 1 amide bonds. The molecule has 0 aliphatic rings. The van der Waals surface area contributed by atoms with Crippen LogP contribution in [0.25, 0.3) is 10.9 Å². The van der Waals surface area contributed by atoms with Crippen molar-refractivity contribution >= 4 is 22.8 Å². The van der Waals surface area contributed by atoms with E-state index in [0.717, 1.165) is 0 Å². The number of anilines is 1. The summed E-state index contributed by atoms with van der Waals surface area (Å²) in [6.45, 7) is 0. The zero-order valence-electron chi connectivity index (χ0n) is 11.0. The van der Waals surface area contributed by atoms with Crippen molar-refractivity contribution in [2.24, 2.45) is 0 Å². The molecule has 2 heterocycles. The third-order valence-corrected chi connectivity index (χ3v) is 2.92. The van der Waals surface area contributed by atoms with Gasteiger partial charge in [0.05, 0.1) is 10.9 Å². The summed E-state index contributed by atoms with van der Waals surface area (Å²) < 4.78 is 0. The van der Waals surface area contributed by atoms with Gasteiger partial charge in [0.2, 0.25) is 11.9 Å². The summed E-state index contributed by atoms with van der Waals surface area (Å²) in [5, 5.41) is 9.25. The molecule has 0 saturated carbocycles. The smallest absolute Gasteiger partial charge is 0.258 e. The molecule has 21 heavy (non-hydrogen) atoms. The summed E-state index contributed by atoms with van der Waals surface area (Å²) >= 11 is 0. The van der Waals surface area contributed by atoms with Crippen molar-refractivity contribution in [2.75, 3.05) is 5.32 Å². The van der Waals surface area contributed by atoms with E-state index in [9.17, 15) is 9.59 Å². The van der Waals surface area contributed by atoms with Gasteiger partial charge < -0.3 is 4.98 Å². The van der Waals surface area contributed by atoms with Gasteiger partial charge in [0.15, 0.2) is 0 Å². The molecule has 0 atom stereocenters. The van der Waals surface area contributed by atoms with Gasteiger partial charge in [0.25, 0.3) is 5.56 Å².